The van der Waals surface area contributed by atoms with Crippen molar-refractivity contribution in [3.63, 3.8) is 0 Å². The molecule has 132 valence electrons. The van der Waals surface area contributed by atoms with Crippen LogP contribution in [0.3, 0.4) is 0 Å². The van der Waals surface area contributed by atoms with Gasteiger partial charge in [0.1, 0.15) is 0 Å². The van der Waals surface area contributed by atoms with Crippen LogP contribution in [-0.2, 0) is 14.8 Å². The summed E-state index contributed by atoms with van der Waals surface area (Å²) in [7, 11) is -3.56. The molecule has 0 aliphatic rings. The van der Waals surface area contributed by atoms with Crippen LogP contribution in [0.1, 0.15) is 27.6 Å². The molecular weight excluding hydrogens is 366 g/mol. The monoisotopic (exact) mass is 381 g/mol. The molecule has 0 aliphatic heterocycles. The van der Waals surface area contributed by atoms with Gasteiger partial charge in [-0.2, -0.15) is 0 Å². The molecule has 0 amide bonds. The summed E-state index contributed by atoms with van der Waals surface area (Å²) in [5.74, 6) is -1.19. The first-order chi connectivity index (χ1) is 11.7. The molecule has 2 aromatic rings. The Kier molecular flexibility index (Phi) is 5.81. The molecule has 0 spiro atoms. The van der Waals surface area contributed by atoms with E-state index in [1.807, 2.05) is 0 Å². The summed E-state index contributed by atoms with van der Waals surface area (Å²) < 4.78 is 30.2. The largest absolute Gasteiger partial charge is 0.451 e. The third-order valence-corrected chi connectivity index (χ3v) is 4.07. The van der Waals surface area contributed by atoms with E-state index in [9.17, 15) is 18.0 Å². The van der Waals surface area contributed by atoms with Crippen LogP contribution in [0.15, 0.2) is 48.5 Å². The van der Waals surface area contributed by atoms with Crippen LogP contribution in [0.4, 0.5) is 5.69 Å². The molecule has 8 heteroatoms. The van der Waals surface area contributed by atoms with Crippen molar-refractivity contribution in [2.45, 2.75) is 13.0 Å². The highest BCUT2D eigenvalue weighted by Crippen LogP contribution is 2.19. The minimum Gasteiger partial charge on any atom is -0.451 e. The first-order valence-corrected chi connectivity index (χ1v) is 9.52. The number of halogens is 1. The van der Waals surface area contributed by atoms with Crippen molar-refractivity contribution in [2.24, 2.45) is 0 Å². The van der Waals surface area contributed by atoms with Gasteiger partial charge in [0, 0.05) is 10.6 Å². The van der Waals surface area contributed by atoms with Crippen molar-refractivity contribution in [3.8, 4) is 0 Å². The van der Waals surface area contributed by atoms with Crippen LogP contribution in [0, 0.1) is 0 Å². The minimum absolute atomic E-state index is 0.0173. The summed E-state index contributed by atoms with van der Waals surface area (Å²) in [4.78, 5) is 24.6. The number of hydrogen-bond donors (Lipinski definition) is 1. The van der Waals surface area contributed by atoms with Crippen LogP contribution in [-0.4, -0.2) is 32.5 Å². The maximum atomic E-state index is 12.3. The lowest BCUT2D eigenvalue weighted by Gasteiger charge is -2.14. The van der Waals surface area contributed by atoms with Crippen LogP contribution in [0.25, 0.3) is 0 Å². The molecule has 0 saturated heterocycles. The Morgan fingerprint density at radius 2 is 1.68 bits per heavy atom. The van der Waals surface area contributed by atoms with Crippen molar-refractivity contribution in [1.29, 1.82) is 0 Å². The van der Waals surface area contributed by atoms with Crippen molar-refractivity contribution in [2.75, 3.05) is 11.0 Å². The quantitative estimate of drug-likeness (QED) is 0.613. The average molecular weight is 382 g/mol. The lowest BCUT2D eigenvalue weighted by atomic mass is 10.1. The summed E-state index contributed by atoms with van der Waals surface area (Å²) in [6.07, 6.45) is -0.0677. The maximum Gasteiger partial charge on any atom is 0.340 e. The van der Waals surface area contributed by atoms with E-state index in [1.54, 1.807) is 24.3 Å². The average Bonchev–Trinajstić information content (AvgIpc) is 2.53. The molecule has 6 nitrogen and oxygen atoms in total. The number of carbonyl (C=O) groups is 2. The summed E-state index contributed by atoms with van der Waals surface area (Å²) in [5, 5.41) is 0.488. The standard InChI is InChI=1S/C17H16ClNO5S/c1-11(16(20)12-7-9-13(18)10-8-12)24-17(21)14-5-3-4-6-15(14)19-25(2,22)23/h3-11,19H,1-2H3/t11-/m1/s1. The van der Waals surface area contributed by atoms with Gasteiger partial charge in [-0.25, -0.2) is 13.2 Å². The zero-order valence-corrected chi connectivity index (χ0v) is 15.1. The topological polar surface area (TPSA) is 89.5 Å². The first kappa shape index (κ1) is 19.0. The maximum absolute atomic E-state index is 12.3. The van der Waals surface area contributed by atoms with Gasteiger partial charge in [0.2, 0.25) is 15.8 Å². The SMILES string of the molecule is C[C@@H](OC(=O)c1ccccc1NS(C)(=O)=O)C(=O)c1ccc(Cl)cc1. The van der Waals surface area contributed by atoms with Gasteiger partial charge in [0.15, 0.2) is 6.10 Å². The Morgan fingerprint density at radius 3 is 2.28 bits per heavy atom. The molecule has 2 aromatic carbocycles. The van der Waals surface area contributed by atoms with Gasteiger partial charge in [-0.05, 0) is 43.3 Å². The molecular formula is C17H16ClNO5S. The van der Waals surface area contributed by atoms with Crippen LogP contribution in [0.5, 0.6) is 0 Å². The molecule has 0 saturated carbocycles. The predicted octanol–water partition coefficient (Wildman–Crippen LogP) is 3.14. The Hall–Kier alpha value is -2.38. The van der Waals surface area contributed by atoms with Gasteiger partial charge in [0.05, 0.1) is 17.5 Å². The molecule has 0 unspecified atom stereocenters. The number of sulfonamides is 1. The fourth-order valence-electron chi connectivity index (χ4n) is 2.08. The number of para-hydroxylation sites is 1. The summed E-state index contributed by atoms with van der Waals surface area (Å²) in [5.41, 5.74) is 0.456. The molecule has 0 aliphatic carbocycles. The lowest BCUT2D eigenvalue weighted by Crippen LogP contribution is -2.25. The van der Waals surface area contributed by atoms with Gasteiger partial charge in [-0.1, -0.05) is 23.7 Å². The van der Waals surface area contributed by atoms with Gasteiger partial charge in [0.25, 0.3) is 0 Å². The summed E-state index contributed by atoms with van der Waals surface area (Å²) in [6.45, 7) is 1.45. The predicted molar refractivity (Wildman–Crippen MR) is 95.6 cm³/mol. The highest BCUT2D eigenvalue weighted by Gasteiger charge is 2.22. The smallest absolute Gasteiger partial charge is 0.340 e. The highest BCUT2D eigenvalue weighted by molar-refractivity contribution is 7.92. The van der Waals surface area contributed by atoms with E-state index in [-0.39, 0.29) is 11.3 Å². The molecule has 0 aromatic heterocycles. The Labute approximate surface area is 150 Å². The van der Waals surface area contributed by atoms with Gasteiger partial charge in [-0.3, -0.25) is 9.52 Å². The Balaban J connectivity index is 2.16. The summed E-state index contributed by atoms with van der Waals surface area (Å²) >= 11 is 5.78. The van der Waals surface area contributed by atoms with Crippen molar-refractivity contribution >= 4 is 39.1 Å². The van der Waals surface area contributed by atoms with E-state index < -0.39 is 27.9 Å². The number of carbonyl (C=O) groups excluding carboxylic acids is 2. The Morgan fingerprint density at radius 1 is 1.08 bits per heavy atom. The second-order valence-corrected chi connectivity index (χ2v) is 7.52. The third-order valence-electron chi connectivity index (χ3n) is 3.22. The lowest BCUT2D eigenvalue weighted by molar-refractivity contribution is 0.0320. The van der Waals surface area contributed by atoms with E-state index in [2.05, 4.69) is 4.72 Å². The number of ketones is 1. The number of hydrogen-bond acceptors (Lipinski definition) is 5. The third kappa shape index (κ3) is 5.30. The first-order valence-electron chi connectivity index (χ1n) is 7.25. The van der Waals surface area contributed by atoms with Crippen LogP contribution >= 0.6 is 11.6 Å². The van der Waals surface area contributed by atoms with E-state index in [4.69, 9.17) is 16.3 Å². The van der Waals surface area contributed by atoms with Crippen LogP contribution < -0.4 is 4.72 Å². The fourth-order valence-corrected chi connectivity index (χ4v) is 2.78. The number of nitrogens with one attached hydrogen (secondary N) is 1. The molecule has 0 heterocycles. The van der Waals surface area contributed by atoms with E-state index in [0.717, 1.165) is 6.26 Å². The molecule has 1 atom stereocenters. The molecule has 0 bridgehead atoms. The number of ether oxygens (including phenoxy) is 1. The van der Waals surface area contributed by atoms with E-state index in [1.165, 1.54) is 31.2 Å². The minimum atomic E-state index is -3.56. The molecule has 0 fully saturated rings. The van der Waals surface area contributed by atoms with Crippen molar-refractivity contribution in [1.82, 2.24) is 0 Å². The normalized spacial score (nSPS) is 12.3. The number of rotatable bonds is 6. The number of Topliss-reactive ketones (excluding diaryl/α,β-unsaturated/α-hetero) is 1. The number of benzene rings is 2. The Bertz CT molecular complexity index is 894. The zero-order chi connectivity index (χ0) is 18.6. The molecule has 2 rings (SSSR count). The van der Waals surface area contributed by atoms with E-state index in [0.29, 0.717) is 10.6 Å². The van der Waals surface area contributed by atoms with Crippen molar-refractivity contribution in [3.05, 3.63) is 64.7 Å². The zero-order valence-electron chi connectivity index (χ0n) is 13.5. The second-order valence-electron chi connectivity index (χ2n) is 5.34. The molecule has 0 radical (unpaired) electrons. The van der Waals surface area contributed by atoms with Gasteiger partial charge >= 0.3 is 5.97 Å². The molecule has 25 heavy (non-hydrogen) atoms. The molecule has 1 N–H and O–H groups in total. The van der Waals surface area contributed by atoms with Crippen molar-refractivity contribution < 1.29 is 22.7 Å². The van der Waals surface area contributed by atoms with Crippen LogP contribution in [0.2, 0.25) is 5.02 Å². The fraction of sp³-hybridized carbons (Fsp3) is 0.176. The number of anilines is 1. The second kappa shape index (κ2) is 7.67. The highest BCUT2D eigenvalue weighted by atomic mass is 35.5. The summed E-state index contributed by atoms with van der Waals surface area (Å²) in [6, 6.07) is 12.2. The van der Waals surface area contributed by atoms with Gasteiger partial charge in [-0.15, -0.1) is 0 Å². The number of esters is 1. The van der Waals surface area contributed by atoms with E-state index >= 15 is 0 Å². The van der Waals surface area contributed by atoms with Gasteiger partial charge < -0.3 is 4.74 Å².